The van der Waals surface area contributed by atoms with E-state index in [1.807, 2.05) is 30.3 Å². The molecule has 0 aromatic heterocycles. The van der Waals surface area contributed by atoms with Crippen LogP contribution in [0.3, 0.4) is 0 Å². The molecule has 0 aliphatic carbocycles. The first-order valence-corrected chi connectivity index (χ1v) is 9.15. The summed E-state index contributed by atoms with van der Waals surface area (Å²) >= 11 is 0. The van der Waals surface area contributed by atoms with Gasteiger partial charge in [-0.15, -0.1) is 0 Å². The Morgan fingerprint density at radius 2 is 1.83 bits per heavy atom. The summed E-state index contributed by atoms with van der Waals surface area (Å²) in [6.45, 7) is -0.0846. The van der Waals surface area contributed by atoms with Crippen molar-refractivity contribution in [2.75, 3.05) is 6.61 Å². The molecule has 0 radical (unpaired) electrons. The number of nitrogens with two attached hydrogens (primary N) is 1. The molecular formula is C23H22FNO4. The Kier molecular flexibility index (Phi) is 6.59. The second-order valence-electron chi connectivity index (χ2n) is 6.73. The fourth-order valence-corrected chi connectivity index (χ4v) is 3.07. The predicted octanol–water partition coefficient (Wildman–Crippen LogP) is 3.69. The molecule has 0 saturated carbocycles. The normalized spacial score (nSPS) is 11.8. The van der Waals surface area contributed by atoms with Crippen LogP contribution in [0.1, 0.15) is 22.7 Å². The van der Waals surface area contributed by atoms with Crippen molar-refractivity contribution in [3.63, 3.8) is 0 Å². The smallest absolute Gasteiger partial charge is 0.307 e. The quantitative estimate of drug-likeness (QED) is 0.541. The van der Waals surface area contributed by atoms with Crippen molar-refractivity contribution in [2.24, 2.45) is 5.73 Å². The number of hydrogen-bond donors (Lipinski definition) is 3. The molecule has 6 heteroatoms. The molecule has 0 bridgehead atoms. The SMILES string of the molecule is N[C@H](CO)c1cccc(-c2cc(F)cc(COc3ccccc3CC(=O)O)c2)c1. The van der Waals surface area contributed by atoms with Gasteiger partial charge in [0.15, 0.2) is 0 Å². The zero-order valence-electron chi connectivity index (χ0n) is 15.7. The number of aliphatic hydroxyl groups excluding tert-OH is 1. The minimum atomic E-state index is -0.949. The summed E-state index contributed by atoms with van der Waals surface area (Å²) in [5, 5.41) is 18.3. The third-order valence-electron chi connectivity index (χ3n) is 4.51. The van der Waals surface area contributed by atoms with Crippen molar-refractivity contribution < 1.29 is 24.1 Å². The van der Waals surface area contributed by atoms with Gasteiger partial charge in [-0.2, -0.15) is 0 Å². The number of aliphatic hydroxyl groups is 1. The molecule has 3 aromatic carbocycles. The van der Waals surface area contributed by atoms with Crippen LogP contribution in [0.5, 0.6) is 5.75 Å². The van der Waals surface area contributed by atoms with Crippen molar-refractivity contribution in [2.45, 2.75) is 19.1 Å². The lowest BCUT2D eigenvalue weighted by molar-refractivity contribution is -0.136. The first-order valence-electron chi connectivity index (χ1n) is 9.15. The summed E-state index contributed by atoms with van der Waals surface area (Å²) < 4.78 is 20.0. The van der Waals surface area contributed by atoms with Gasteiger partial charge in [-0.25, -0.2) is 4.39 Å². The van der Waals surface area contributed by atoms with Crippen LogP contribution in [0.15, 0.2) is 66.7 Å². The summed E-state index contributed by atoms with van der Waals surface area (Å²) in [6, 6.07) is 18.3. The van der Waals surface area contributed by atoms with E-state index in [9.17, 15) is 14.3 Å². The van der Waals surface area contributed by atoms with Crippen molar-refractivity contribution >= 4 is 5.97 Å². The van der Waals surface area contributed by atoms with Gasteiger partial charge in [0.05, 0.1) is 19.1 Å². The lowest BCUT2D eigenvalue weighted by Crippen LogP contribution is -2.14. The minimum Gasteiger partial charge on any atom is -0.489 e. The summed E-state index contributed by atoms with van der Waals surface area (Å²) in [5.74, 6) is -0.900. The molecule has 150 valence electrons. The third kappa shape index (κ3) is 5.40. The maximum Gasteiger partial charge on any atom is 0.307 e. The van der Waals surface area contributed by atoms with Gasteiger partial charge in [-0.05, 0) is 52.6 Å². The van der Waals surface area contributed by atoms with Gasteiger partial charge in [0.2, 0.25) is 0 Å². The number of carbonyl (C=O) groups is 1. The van der Waals surface area contributed by atoms with Crippen LogP contribution < -0.4 is 10.5 Å². The molecule has 1 atom stereocenters. The van der Waals surface area contributed by atoms with Crippen LogP contribution in [-0.2, 0) is 17.8 Å². The van der Waals surface area contributed by atoms with Gasteiger partial charge in [-0.3, -0.25) is 4.79 Å². The molecule has 29 heavy (non-hydrogen) atoms. The van der Waals surface area contributed by atoms with E-state index >= 15 is 0 Å². The van der Waals surface area contributed by atoms with Gasteiger partial charge < -0.3 is 20.7 Å². The zero-order valence-corrected chi connectivity index (χ0v) is 15.7. The monoisotopic (exact) mass is 395 g/mol. The number of rotatable bonds is 8. The number of ether oxygens (including phenoxy) is 1. The fourth-order valence-electron chi connectivity index (χ4n) is 3.07. The third-order valence-corrected chi connectivity index (χ3v) is 4.51. The molecule has 0 fully saturated rings. The Bertz CT molecular complexity index is 1010. The Balaban J connectivity index is 1.83. The van der Waals surface area contributed by atoms with E-state index in [0.717, 1.165) is 11.1 Å². The fraction of sp³-hybridized carbons (Fsp3) is 0.174. The van der Waals surface area contributed by atoms with Gasteiger partial charge >= 0.3 is 5.97 Å². The minimum absolute atomic E-state index is 0.0945. The Morgan fingerprint density at radius 1 is 1.03 bits per heavy atom. The maximum absolute atomic E-state index is 14.2. The van der Waals surface area contributed by atoms with E-state index < -0.39 is 17.8 Å². The number of benzene rings is 3. The van der Waals surface area contributed by atoms with Crippen molar-refractivity contribution in [3.05, 3.63) is 89.2 Å². The summed E-state index contributed by atoms with van der Waals surface area (Å²) in [6.07, 6.45) is -0.150. The summed E-state index contributed by atoms with van der Waals surface area (Å²) in [4.78, 5) is 11.0. The first kappa shape index (κ1) is 20.5. The van der Waals surface area contributed by atoms with E-state index in [2.05, 4.69) is 0 Å². The molecule has 0 spiro atoms. The highest BCUT2D eigenvalue weighted by Gasteiger charge is 2.10. The average Bonchev–Trinajstić information content (AvgIpc) is 2.72. The number of aliphatic carboxylic acids is 1. The van der Waals surface area contributed by atoms with E-state index in [-0.39, 0.29) is 19.6 Å². The first-order chi connectivity index (χ1) is 14.0. The average molecular weight is 395 g/mol. The largest absolute Gasteiger partial charge is 0.489 e. The second-order valence-corrected chi connectivity index (χ2v) is 6.73. The highest BCUT2D eigenvalue weighted by molar-refractivity contribution is 5.71. The van der Waals surface area contributed by atoms with Crippen LogP contribution in [0.2, 0.25) is 0 Å². The van der Waals surface area contributed by atoms with Crippen LogP contribution in [-0.4, -0.2) is 22.8 Å². The van der Waals surface area contributed by atoms with Crippen molar-refractivity contribution in [1.82, 2.24) is 0 Å². The Hall–Kier alpha value is -3.22. The number of para-hydroxylation sites is 1. The lowest BCUT2D eigenvalue weighted by Gasteiger charge is -2.13. The molecule has 3 rings (SSSR count). The molecule has 0 amide bonds. The molecule has 0 heterocycles. The molecule has 3 aromatic rings. The van der Waals surface area contributed by atoms with E-state index in [0.29, 0.717) is 22.4 Å². The van der Waals surface area contributed by atoms with Gasteiger partial charge in [0.1, 0.15) is 18.2 Å². The summed E-state index contributed by atoms with van der Waals surface area (Å²) in [5.41, 5.74) is 9.24. The van der Waals surface area contributed by atoms with Crippen LogP contribution in [0.4, 0.5) is 4.39 Å². The summed E-state index contributed by atoms with van der Waals surface area (Å²) in [7, 11) is 0. The number of carboxylic acids is 1. The standard InChI is InChI=1S/C23H22FNO4/c24-20-9-15(14-29-22-7-2-1-4-18(22)12-23(27)28)8-19(11-20)16-5-3-6-17(10-16)21(25)13-26/h1-11,21,26H,12-14,25H2,(H,27,28)/t21-/m1/s1. The van der Waals surface area contributed by atoms with Gasteiger partial charge in [-0.1, -0.05) is 36.4 Å². The van der Waals surface area contributed by atoms with Crippen molar-refractivity contribution in [1.29, 1.82) is 0 Å². The van der Waals surface area contributed by atoms with Crippen molar-refractivity contribution in [3.8, 4) is 16.9 Å². The zero-order chi connectivity index (χ0) is 20.8. The van der Waals surface area contributed by atoms with Crippen LogP contribution in [0, 0.1) is 5.82 Å². The molecular weight excluding hydrogens is 373 g/mol. The highest BCUT2D eigenvalue weighted by atomic mass is 19.1. The maximum atomic E-state index is 14.2. The number of hydrogen-bond acceptors (Lipinski definition) is 4. The van der Waals surface area contributed by atoms with E-state index in [1.165, 1.54) is 12.1 Å². The van der Waals surface area contributed by atoms with Crippen LogP contribution in [0.25, 0.3) is 11.1 Å². The lowest BCUT2D eigenvalue weighted by atomic mass is 9.98. The van der Waals surface area contributed by atoms with Gasteiger partial charge in [0, 0.05) is 5.56 Å². The molecule has 0 aliphatic heterocycles. The van der Waals surface area contributed by atoms with E-state index in [4.69, 9.17) is 15.6 Å². The number of carboxylic acid groups (broad SMARTS) is 1. The Labute approximate surface area is 168 Å². The van der Waals surface area contributed by atoms with Gasteiger partial charge in [0.25, 0.3) is 0 Å². The topological polar surface area (TPSA) is 92.8 Å². The number of halogens is 1. The second kappa shape index (κ2) is 9.32. The Morgan fingerprint density at radius 3 is 2.59 bits per heavy atom. The molecule has 0 saturated heterocycles. The molecule has 4 N–H and O–H groups in total. The van der Waals surface area contributed by atoms with Crippen LogP contribution >= 0.6 is 0 Å². The molecule has 0 unspecified atom stereocenters. The molecule has 5 nitrogen and oxygen atoms in total. The van der Waals surface area contributed by atoms with E-state index in [1.54, 1.807) is 24.3 Å². The molecule has 0 aliphatic rings. The highest BCUT2D eigenvalue weighted by Crippen LogP contribution is 2.26. The predicted molar refractivity (Wildman–Crippen MR) is 108 cm³/mol.